The predicted octanol–water partition coefficient (Wildman–Crippen LogP) is 0.988. The van der Waals surface area contributed by atoms with Crippen LogP contribution in [0.4, 0.5) is 0 Å². The summed E-state index contributed by atoms with van der Waals surface area (Å²) in [5.74, 6) is 0.890. The van der Waals surface area contributed by atoms with E-state index in [2.05, 4.69) is 28.6 Å². The molecular formula is C12H17N3O. The summed E-state index contributed by atoms with van der Waals surface area (Å²) in [4.78, 5) is 4.49. The van der Waals surface area contributed by atoms with E-state index in [1.165, 1.54) is 12.8 Å². The van der Waals surface area contributed by atoms with Crippen molar-refractivity contribution in [3.05, 3.63) is 24.0 Å². The Bertz CT molecular complexity index is 366. The molecule has 0 spiro atoms. The van der Waals surface area contributed by atoms with Gasteiger partial charge in [-0.2, -0.15) is 0 Å². The molecule has 0 bridgehead atoms. The summed E-state index contributed by atoms with van der Waals surface area (Å²) in [6.07, 6.45) is 4.64. The van der Waals surface area contributed by atoms with E-state index in [0.29, 0.717) is 6.10 Å². The fraction of sp³-hybridized carbons (Fsp3) is 0.583. The van der Waals surface area contributed by atoms with E-state index in [4.69, 9.17) is 4.74 Å². The highest BCUT2D eigenvalue weighted by Gasteiger charge is 2.31. The molecule has 0 amide bonds. The molecule has 1 unspecified atom stereocenters. The van der Waals surface area contributed by atoms with Gasteiger partial charge in [0.1, 0.15) is 5.75 Å². The Morgan fingerprint density at radius 2 is 2.31 bits per heavy atom. The molecule has 3 rings (SSSR count). The molecule has 2 N–H and O–H groups in total. The Morgan fingerprint density at radius 3 is 2.88 bits per heavy atom. The van der Waals surface area contributed by atoms with Crippen LogP contribution in [0.2, 0.25) is 0 Å². The zero-order valence-corrected chi connectivity index (χ0v) is 9.49. The highest BCUT2D eigenvalue weighted by Crippen LogP contribution is 2.27. The minimum absolute atomic E-state index is 0.0435. The Balaban J connectivity index is 1.75. The SMILES string of the molecule is CC1(c2ccc(OC3CC3)cn2)CNCN1. The molecule has 2 aliphatic rings. The lowest BCUT2D eigenvalue weighted by Gasteiger charge is -2.22. The Hall–Kier alpha value is -1.13. The van der Waals surface area contributed by atoms with E-state index < -0.39 is 0 Å². The van der Waals surface area contributed by atoms with Crippen LogP contribution in [-0.4, -0.2) is 24.3 Å². The lowest BCUT2D eigenvalue weighted by molar-refractivity contribution is 0.301. The van der Waals surface area contributed by atoms with Gasteiger partial charge in [-0.3, -0.25) is 10.3 Å². The first kappa shape index (κ1) is 10.1. The molecule has 1 saturated heterocycles. The smallest absolute Gasteiger partial charge is 0.138 e. The fourth-order valence-corrected chi connectivity index (χ4v) is 1.97. The molecule has 16 heavy (non-hydrogen) atoms. The number of pyridine rings is 1. The van der Waals surface area contributed by atoms with Gasteiger partial charge in [0.05, 0.1) is 23.5 Å². The average molecular weight is 219 g/mol. The molecule has 1 aromatic rings. The molecule has 2 heterocycles. The lowest BCUT2D eigenvalue weighted by atomic mass is 9.99. The molecule has 1 aliphatic heterocycles. The molecule has 1 aromatic heterocycles. The second-order valence-corrected chi connectivity index (χ2v) is 4.81. The van der Waals surface area contributed by atoms with Crippen molar-refractivity contribution >= 4 is 0 Å². The summed E-state index contributed by atoms with van der Waals surface area (Å²) < 4.78 is 5.68. The summed E-state index contributed by atoms with van der Waals surface area (Å²) in [6, 6.07) is 4.07. The maximum absolute atomic E-state index is 5.68. The van der Waals surface area contributed by atoms with E-state index in [1.54, 1.807) is 0 Å². The zero-order valence-electron chi connectivity index (χ0n) is 9.49. The topological polar surface area (TPSA) is 46.2 Å². The predicted molar refractivity (Wildman–Crippen MR) is 61.2 cm³/mol. The summed E-state index contributed by atoms with van der Waals surface area (Å²) >= 11 is 0. The zero-order chi connectivity index (χ0) is 11.0. The Labute approximate surface area is 95.4 Å². The van der Waals surface area contributed by atoms with Crippen LogP contribution < -0.4 is 15.4 Å². The molecule has 0 radical (unpaired) electrons. The largest absolute Gasteiger partial charge is 0.489 e. The number of hydrogen-bond acceptors (Lipinski definition) is 4. The maximum Gasteiger partial charge on any atom is 0.138 e. The van der Waals surface area contributed by atoms with Crippen molar-refractivity contribution in [3.63, 3.8) is 0 Å². The number of rotatable bonds is 3. The van der Waals surface area contributed by atoms with Crippen molar-refractivity contribution < 1.29 is 4.74 Å². The maximum atomic E-state index is 5.68. The molecule has 1 saturated carbocycles. The van der Waals surface area contributed by atoms with Gasteiger partial charge in [0.2, 0.25) is 0 Å². The minimum atomic E-state index is -0.0435. The van der Waals surface area contributed by atoms with Crippen molar-refractivity contribution in [3.8, 4) is 5.75 Å². The quantitative estimate of drug-likeness (QED) is 0.796. The number of ether oxygens (including phenoxy) is 1. The number of hydrogen-bond donors (Lipinski definition) is 2. The molecule has 1 aliphatic carbocycles. The third kappa shape index (κ3) is 1.90. The van der Waals surface area contributed by atoms with Crippen LogP contribution in [0.25, 0.3) is 0 Å². The van der Waals surface area contributed by atoms with Crippen LogP contribution >= 0.6 is 0 Å². The molecule has 4 heteroatoms. The second-order valence-electron chi connectivity index (χ2n) is 4.81. The van der Waals surface area contributed by atoms with Crippen molar-refractivity contribution in [1.29, 1.82) is 0 Å². The van der Waals surface area contributed by atoms with Gasteiger partial charge in [-0.1, -0.05) is 0 Å². The van der Waals surface area contributed by atoms with Gasteiger partial charge in [0.25, 0.3) is 0 Å². The van der Waals surface area contributed by atoms with Gasteiger partial charge in [-0.25, -0.2) is 0 Å². The molecule has 1 atom stereocenters. The van der Waals surface area contributed by atoms with Gasteiger partial charge >= 0.3 is 0 Å². The van der Waals surface area contributed by atoms with E-state index in [1.807, 2.05) is 12.3 Å². The average Bonchev–Trinajstić information content (AvgIpc) is 3.00. The normalized spacial score (nSPS) is 29.3. The summed E-state index contributed by atoms with van der Waals surface area (Å²) in [7, 11) is 0. The first-order chi connectivity index (χ1) is 7.76. The van der Waals surface area contributed by atoms with Gasteiger partial charge in [-0.15, -0.1) is 0 Å². The van der Waals surface area contributed by atoms with Gasteiger partial charge in [-0.05, 0) is 31.9 Å². The number of nitrogens with zero attached hydrogens (tertiary/aromatic N) is 1. The van der Waals surface area contributed by atoms with Gasteiger partial charge in [0, 0.05) is 13.2 Å². The standard InChI is InChI=1S/C12H17N3O/c1-12(7-13-8-15-12)11-5-4-10(6-14-11)16-9-2-3-9/h4-6,9,13,15H,2-3,7-8H2,1H3. The van der Waals surface area contributed by atoms with Crippen LogP contribution in [-0.2, 0) is 5.54 Å². The van der Waals surface area contributed by atoms with Crippen molar-refractivity contribution in [2.75, 3.05) is 13.2 Å². The van der Waals surface area contributed by atoms with Crippen LogP contribution in [0.3, 0.4) is 0 Å². The third-order valence-electron chi connectivity index (χ3n) is 3.21. The number of nitrogens with one attached hydrogen (secondary N) is 2. The summed E-state index contributed by atoms with van der Waals surface area (Å²) in [5, 5.41) is 6.69. The summed E-state index contributed by atoms with van der Waals surface area (Å²) in [5.41, 5.74) is 1.03. The highest BCUT2D eigenvalue weighted by molar-refractivity contribution is 5.25. The van der Waals surface area contributed by atoms with Crippen LogP contribution in [0.15, 0.2) is 18.3 Å². The molecular weight excluding hydrogens is 202 g/mol. The molecule has 86 valence electrons. The highest BCUT2D eigenvalue weighted by atomic mass is 16.5. The Morgan fingerprint density at radius 1 is 1.44 bits per heavy atom. The third-order valence-corrected chi connectivity index (χ3v) is 3.21. The minimum Gasteiger partial charge on any atom is -0.489 e. The van der Waals surface area contributed by atoms with E-state index in [9.17, 15) is 0 Å². The molecule has 2 fully saturated rings. The number of aromatic nitrogens is 1. The van der Waals surface area contributed by atoms with Gasteiger partial charge < -0.3 is 10.1 Å². The van der Waals surface area contributed by atoms with E-state index in [-0.39, 0.29) is 5.54 Å². The first-order valence-corrected chi connectivity index (χ1v) is 5.85. The van der Waals surface area contributed by atoms with Crippen molar-refractivity contribution in [2.24, 2.45) is 0 Å². The van der Waals surface area contributed by atoms with Crippen LogP contribution in [0, 0.1) is 0 Å². The van der Waals surface area contributed by atoms with E-state index >= 15 is 0 Å². The van der Waals surface area contributed by atoms with Gasteiger partial charge in [0.15, 0.2) is 0 Å². The Kier molecular flexibility index (Phi) is 2.33. The first-order valence-electron chi connectivity index (χ1n) is 5.85. The van der Waals surface area contributed by atoms with Crippen LogP contribution in [0.1, 0.15) is 25.5 Å². The van der Waals surface area contributed by atoms with E-state index in [0.717, 1.165) is 24.7 Å². The monoisotopic (exact) mass is 219 g/mol. The fourth-order valence-electron chi connectivity index (χ4n) is 1.97. The van der Waals surface area contributed by atoms with Crippen molar-refractivity contribution in [1.82, 2.24) is 15.6 Å². The second kappa shape index (κ2) is 3.71. The summed E-state index contributed by atoms with van der Waals surface area (Å²) in [6.45, 7) is 3.93. The van der Waals surface area contributed by atoms with Crippen molar-refractivity contribution in [2.45, 2.75) is 31.4 Å². The molecule has 4 nitrogen and oxygen atoms in total. The molecule has 0 aromatic carbocycles. The van der Waals surface area contributed by atoms with Crippen LogP contribution in [0.5, 0.6) is 5.75 Å². The lowest BCUT2D eigenvalue weighted by Crippen LogP contribution is -2.36.